The van der Waals surface area contributed by atoms with E-state index < -0.39 is 0 Å². The minimum absolute atomic E-state index is 0.122. The number of nitrogens with one attached hydrogen (secondary N) is 1. The molecular formula is C21H24N4O. The summed E-state index contributed by atoms with van der Waals surface area (Å²) in [7, 11) is 0. The second-order valence-electron chi connectivity index (χ2n) is 6.82. The lowest BCUT2D eigenvalue weighted by molar-refractivity contribution is 0.0942. The van der Waals surface area contributed by atoms with E-state index in [1.165, 1.54) is 0 Å². The number of aromatic nitrogens is 3. The zero-order valence-electron chi connectivity index (χ0n) is 15.4. The first-order valence-electron chi connectivity index (χ1n) is 8.84. The van der Waals surface area contributed by atoms with Crippen molar-refractivity contribution in [2.24, 2.45) is 5.92 Å². The van der Waals surface area contributed by atoms with Crippen LogP contribution in [0.3, 0.4) is 0 Å². The summed E-state index contributed by atoms with van der Waals surface area (Å²) < 4.78 is 1.89. The molecule has 1 N–H and O–H groups in total. The molecule has 0 saturated carbocycles. The quantitative estimate of drug-likeness (QED) is 0.738. The molecule has 0 bridgehead atoms. The van der Waals surface area contributed by atoms with Gasteiger partial charge in [-0.15, -0.1) is 0 Å². The van der Waals surface area contributed by atoms with E-state index in [0.29, 0.717) is 11.5 Å². The number of rotatable bonds is 6. The summed E-state index contributed by atoms with van der Waals surface area (Å²) >= 11 is 0. The maximum atomic E-state index is 12.9. The first-order valence-corrected chi connectivity index (χ1v) is 8.84. The summed E-state index contributed by atoms with van der Waals surface area (Å²) in [5.74, 6) is 0.349. The standard InChI is InChI=1S/C21H24N4O/c1-15(2)14-25-16(3)19(13-23-25)21(26)24-20(17-7-5-4-6-8-17)18-9-11-22-12-10-18/h4-13,15,20H,14H2,1-3H3,(H,24,26)/t20-/m0/s1. The number of benzene rings is 1. The number of amides is 1. The van der Waals surface area contributed by atoms with E-state index in [0.717, 1.165) is 23.4 Å². The van der Waals surface area contributed by atoms with Gasteiger partial charge >= 0.3 is 0 Å². The Hall–Kier alpha value is -2.95. The fourth-order valence-electron chi connectivity index (χ4n) is 2.97. The van der Waals surface area contributed by atoms with Gasteiger partial charge in [-0.3, -0.25) is 14.5 Å². The maximum absolute atomic E-state index is 12.9. The Bertz CT molecular complexity index is 817. The summed E-state index contributed by atoms with van der Waals surface area (Å²) in [6, 6.07) is 13.6. The molecular weight excluding hydrogens is 324 g/mol. The summed E-state index contributed by atoms with van der Waals surface area (Å²) in [5, 5.41) is 7.53. The number of carbonyl (C=O) groups is 1. The van der Waals surface area contributed by atoms with Crippen molar-refractivity contribution in [1.82, 2.24) is 20.1 Å². The van der Waals surface area contributed by atoms with Crippen LogP contribution in [0.4, 0.5) is 0 Å². The van der Waals surface area contributed by atoms with Gasteiger partial charge < -0.3 is 5.32 Å². The van der Waals surface area contributed by atoms with Gasteiger partial charge in [0.1, 0.15) is 0 Å². The average molecular weight is 348 g/mol. The van der Waals surface area contributed by atoms with Gasteiger partial charge in [0.25, 0.3) is 5.91 Å². The molecule has 0 unspecified atom stereocenters. The van der Waals surface area contributed by atoms with Crippen molar-refractivity contribution in [2.75, 3.05) is 0 Å². The molecule has 0 spiro atoms. The second-order valence-corrected chi connectivity index (χ2v) is 6.82. The molecule has 0 aliphatic carbocycles. The maximum Gasteiger partial charge on any atom is 0.255 e. The fourth-order valence-corrected chi connectivity index (χ4v) is 2.97. The minimum atomic E-state index is -0.237. The summed E-state index contributed by atoms with van der Waals surface area (Å²) in [6.45, 7) is 7.01. The Labute approximate surface area is 154 Å². The van der Waals surface area contributed by atoms with Crippen molar-refractivity contribution in [3.8, 4) is 0 Å². The number of hydrogen-bond acceptors (Lipinski definition) is 3. The molecule has 2 heterocycles. The van der Waals surface area contributed by atoms with Crippen LogP contribution < -0.4 is 5.32 Å². The molecule has 26 heavy (non-hydrogen) atoms. The van der Waals surface area contributed by atoms with Crippen LogP contribution in [0.15, 0.2) is 61.1 Å². The van der Waals surface area contributed by atoms with Crippen LogP contribution in [0.2, 0.25) is 0 Å². The van der Waals surface area contributed by atoms with Gasteiger partial charge in [-0.2, -0.15) is 5.10 Å². The zero-order chi connectivity index (χ0) is 18.5. The van der Waals surface area contributed by atoms with E-state index in [9.17, 15) is 4.79 Å². The predicted octanol–water partition coefficient (Wildman–Crippen LogP) is 3.76. The molecule has 0 aliphatic rings. The molecule has 5 heteroatoms. The van der Waals surface area contributed by atoms with Crippen LogP contribution in [-0.4, -0.2) is 20.7 Å². The first-order chi connectivity index (χ1) is 12.6. The minimum Gasteiger partial charge on any atom is -0.341 e. The Morgan fingerprint density at radius 2 is 1.73 bits per heavy atom. The van der Waals surface area contributed by atoms with Crippen molar-refractivity contribution in [3.05, 3.63) is 83.4 Å². The lowest BCUT2D eigenvalue weighted by Crippen LogP contribution is -2.29. The van der Waals surface area contributed by atoms with E-state index in [4.69, 9.17) is 0 Å². The molecule has 3 aromatic rings. The van der Waals surface area contributed by atoms with Crippen molar-refractivity contribution < 1.29 is 4.79 Å². The summed E-state index contributed by atoms with van der Waals surface area (Å²) in [5.41, 5.74) is 3.52. The number of nitrogens with zero attached hydrogens (tertiary/aromatic N) is 3. The lowest BCUT2D eigenvalue weighted by Gasteiger charge is -2.19. The van der Waals surface area contributed by atoms with E-state index in [-0.39, 0.29) is 11.9 Å². The highest BCUT2D eigenvalue weighted by molar-refractivity contribution is 5.95. The molecule has 2 aromatic heterocycles. The van der Waals surface area contributed by atoms with Gasteiger partial charge in [-0.1, -0.05) is 44.2 Å². The number of carbonyl (C=O) groups excluding carboxylic acids is 1. The number of hydrogen-bond donors (Lipinski definition) is 1. The monoisotopic (exact) mass is 348 g/mol. The van der Waals surface area contributed by atoms with Gasteiger partial charge in [-0.25, -0.2) is 0 Å². The van der Waals surface area contributed by atoms with Gasteiger partial charge in [0.05, 0.1) is 17.8 Å². The molecule has 0 aliphatic heterocycles. The van der Waals surface area contributed by atoms with Crippen molar-refractivity contribution >= 4 is 5.91 Å². The fraction of sp³-hybridized carbons (Fsp3) is 0.286. The van der Waals surface area contributed by atoms with E-state index >= 15 is 0 Å². The third kappa shape index (κ3) is 3.99. The van der Waals surface area contributed by atoms with Gasteiger partial charge in [0, 0.05) is 24.6 Å². The Balaban J connectivity index is 1.88. The van der Waals surface area contributed by atoms with Gasteiger partial charge in [0.2, 0.25) is 0 Å². The average Bonchev–Trinajstić information content (AvgIpc) is 3.01. The highest BCUT2D eigenvalue weighted by Gasteiger charge is 2.21. The van der Waals surface area contributed by atoms with Crippen LogP contribution >= 0.6 is 0 Å². The van der Waals surface area contributed by atoms with Crippen LogP contribution in [0.5, 0.6) is 0 Å². The van der Waals surface area contributed by atoms with Crippen molar-refractivity contribution in [2.45, 2.75) is 33.4 Å². The van der Waals surface area contributed by atoms with Gasteiger partial charge in [0.15, 0.2) is 0 Å². The van der Waals surface area contributed by atoms with Gasteiger partial charge in [-0.05, 0) is 36.1 Å². The molecule has 0 radical (unpaired) electrons. The summed E-state index contributed by atoms with van der Waals surface area (Å²) in [4.78, 5) is 17.0. The smallest absolute Gasteiger partial charge is 0.255 e. The highest BCUT2D eigenvalue weighted by atomic mass is 16.1. The van der Waals surface area contributed by atoms with Crippen LogP contribution in [-0.2, 0) is 6.54 Å². The number of pyridine rings is 1. The normalized spacial score (nSPS) is 12.2. The first kappa shape index (κ1) is 17.9. The van der Waals surface area contributed by atoms with Crippen LogP contribution in [0.1, 0.15) is 47.1 Å². The third-order valence-corrected chi connectivity index (χ3v) is 4.33. The topological polar surface area (TPSA) is 59.8 Å². The van der Waals surface area contributed by atoms with Crippen LogP contribution in [0.25, 0.3) is 0 Å². The predicted molar refractivity (Wildman–Crippen MR) is 102 cm³/mol. The van der Waals surface area contributed by atoms with E-state index in [1.54, 1.807) is 18.6 Å². The van der Waals surface area contributed by atoms with Crippen molar-refractivity contribution in [1.29, 1.82) is 0 Å². The third-order valence-electron chi connectivity index (χ3n) is 4.33. The van der Waals surface area contributed by atoms with Crippen molar-refractivity contribution in [3.63, 3.8) is 0 Å². The Morgan fingerprint density at radius 1 is 1.08 bits per heavy atom. The highest BCUT2D eigenvalue weighted by Crippen LogP contribution is 2.22. The molecule has 134 valence electrons. The molecule has 0 fully saturated rings. The van der Waals surface area contributed by atoms with E-state index in [2.05, 4.69) is 29.2 Å². The van der Waals surface area contributed by atoms with Crippen LogP contribution in [0, 0.1) is 12.8 Å². The second kappa shape index (κ2) is 7.95. The Morgan fingerprint density at radius 3 is 2.38 bits per heavy atom. The largest absolute Gasteiger partial charge is 0.341 e. The van der Waals surface area contributed by atoms with E-state index in [1.807, 2.05) is 54.1 Å². The molecule has 0 saturated heterocycles. The molecule has 1 atom stereocenters. The zero-order valence-corrected chi connectivity index (χ0v) is 15.4. The lowest BCUT2D eigenvalue weighted by atomic mass is 9.99. The summed E-state index contributed by atoms with van der Waals surface area (Å²) in [6.07, 6.45) is 5.13. The Kier molecular flexibility index (Phi) is 5.46. The molecule has 1 aromatic carbocycles. The molecule has 1 amide bonds. The molecule has 3 rings (SSSR count). The molecule has 5 nitrogen and oxygen atoms in total. The SMILES string of the molecule is Cc1c(C(=O)N[C@@H](c2ccccc2)c2ccncc2)cnn1CC(C)C.